The Hall–Kier alpha value is -0.893. The summed E-state index contributed by atoms with van der Waals surface area (Å²) in [6.07, 6.45) is 0. The maximum Gasteiger partial charge on any atom is 0.159 e. The van der Waals surface area contributed by atoms with E-state index >= 15 is 0 Å². The average Bonchev–Trinajstić information content (AvgIpc) is 2.01. The van der Waals surface area contributed by atoms with E-state index in [1.807, 2.05) is 6.07 Å². The van der Waals surface area contributed by atoms with Gasteiger partial charge in [0, 0.05) is 5.56 Å². The van der Waals surface area contributed by atoms with Crippen molar-refractivity contribution in [2.24, 2.45) is 0 Å². The normalized spacial score (nSPS) is 11.5. The Morgan fingerprint density at radius 2 is 1.71 bits per heavy atom. The molecule has 1 aromatic rings. The molecule has 1 rings (SSSR count). The lowest BCUT2D eigenvalue weighted by atomic mass is 10.1. The molecule has 1 nitrogen and oxygen atoms in total. The number of carbonyl (C=O) groups excluding carboxylic acids is 1. The van der Waals surface area contributed by atoms with Crippen LogP contribution in [0.25, 0.3) is 0 Å². The van der Waals surface area contributed by atoms with Gasteiger partial charge >= 0.3 is 0 Å². The number of ketones is 1. The molecule has 0 heterocycles. The molecule has 1 aromatic carbocycles. The van der Waals surface area contributed by atoms with Crippen molar-refractivity contribution in [2.45, 2.75) is 33.5 Å². The molecule has 76 valence electrons. The molecule has 0 saturated carbocycles. The fraction of sp³-hybridized carbons (Fsp3) is 0.417. The SMILES string of the molecule is CC(=O)c1cc(C)cc([Si](C)(C)C)c1. The van der Waals surface area contributed by atoms with Crippen molar-refractivity contribution in [1.82, 2.24) is 0 Å². The number of carbonyl (C=O) groups is 1. The second-order valence-electron chi connectivity index (χ2n) is 4.89. The Labute approximate surface area is 87.2 Å². The molecule has 0 aromatic heterocycles. The van der Waals surface area contributed by atoms with Crippen molar-refractivity contribution in [2.75, 3.05) is 0 Å². The molecule has 0 radical (unpaired) electrons. The molecule has 0 bridgehead atoms. The van der Waals surface area contributed by atoms with Crippen molar-refractivity contribution in [3.05, 3.63) is 29.3 Å². The molecule has 0 atom stereocenters. The van der Waals surface area contributed by atoms with Crippen LogP contribution in [-0.2, 0) is 0 Å². The minimum absolute atomic E-state index is 0.160. The Morgan fingerprint density at radius 3 is 2.14 bits per heavy atom. The van der Waals surface area contributed by atoms with Crippen molar-refractivity contribution in [3.8, 4) is 0 Å². The third kappa shape index (κ3) is 2.55. The van der Waals surface area contributed by atoms with Crippen molar-refractivity contribution in [1.29, 1.82) is 0 Å². The molecule has 0 unspecified atom stereocenters. The average molecular weight is 206 g/mol. The summed E-state index contributed by atoms with van der Waals surface area (Å²) in [5, 5.41) is 1.36. The van der Waals surface area contributed by atoms with Gasteiger partial charge in [0.05, 0.1) is 8.07 Å². The fourth-order valence-corrected chi connectivity index (χ4v) is 2.67. The summed E-state index contributed by atoms with van der Waals surface area (Å²) in [5.74, 6) is 0.160. The van der Waals surface area contributed by atoms with E-state index < -0.39 is 8.07 Å². The van der Waals surface area contributed by atoms with Crippen LogP contribution in [-0.4, -0.2) is 13.9 Å². The topological polar surface area (TPSA) is 17.1 Å². The third-order valence-electron chi connectivity index (χ3n) is 2.35. The Kier molecular flexibility index (Phi) is 2.95. The molecule has 0 fully saturated rings. The van der Waals surface area contributed by atoms with E-state index in [-0.39, 0.29) is 5.78 Å². The monoisotopic (exact) mass is 206 g/mol. The summed E-state index contributed by atoms with van der Waals surface area (Å²) in [7, 11) is -1.29. The largest absolute Gasteiger partial charge is 0.295 e. The number of aryl methyl sites for hydroxylation is 1. The molecule has 0 N–H and O–H groups in total. The highest BCUT2D eigenvalue weighted by Crippen LogP contribution is 2.09. The van der Waals surface area contributed by atoms with Crippen LogP contribution in [0, 0.1) is 6.92 Å². The lowest BCUT2D eigenvalue weighted by Gasteiger charge is -2.18. The highest BCUT2D eigenvalue weighted by molar-refractivity contribution is 6.88. The Bertz CT molecular complexity index is 361. The van der Waals surface area contributed by atoms with E-state index in [4.69, 9.17) is 0 Å². The first kappa shape index (κ1) is 11.2. The zero-order valence-electron chi connectivity index (χ0n) is 9.64. The number of Topliss-reactive ketones (excluding diaryl/α,β-unsaturated/α-hetero) is 1. The number of rotatable bonds is 2. The summed E-state index contributed by atoms with van der Waals surface area (Å²) in [5.41, 5.74) is 2.04. The van der Waals surface area contributed by atoms with E-state index in [9.17, 15) is 4.79 Å². The van der Waals surface area contributed by atoms with Gasteiger partial charge in [-0.3, -0.25) is 4.79 Å². The molecule has 14 heavy (non-hydrogen) atoms. The maximum absolute atomic E-state index is 11.3. The van der Waals surface area contributed by atoms with Gasteiger partial charge < -0.3 is 0 Å². The van der Waals surface area contributed by atoms with Gasteiger partial charge in [0.1, 0.15) is 0 Å². The van der Waals surface area contributed by atoms with E-state index in [0.29, 0.717) is 0 Å². The molecule has 0 amide bonds. The lowest BCUT2D eigenvalue weighted by Crippen LogP contribution is -2.38. The van der Waals surface area contributed by atoms with Crippen LogP contribution < -0.4 is 5.19 Å². The zero-order valence-corrected chi connectivity index (χ0v) is 10.6. The van der Waals surface area contributed by atoms with E-state index in [2.05, 4.69) is 38.7 Å². The molecular formula is C12H18OSi. The standard InChI is InChI=1S/C12H18OSi/c1-9-6-11(10(2)13)8-12(7-9)14(3,4)5/h6-8H,1-5H3. The number of hydrogen-bond donors (Lipinski definition) is 0. The predicted octanol–water partition coefficient (Wildman–Crippen LogP) is 2.74. The van der Waals surface area contributed by atoms with Crippen LogP contribution in [0.1, 0.15) is 22.8 Å². The fourth-order valence-electron chi connectivity index (χ4n) is 1.42. The van der Waals surface area contributed by atoms with Crippen molar-refractivity contribution < 1.29 is 4.79 Å². The van der Waals surface area contributed by atoms with Crippen LogP contribution in [0.15, 0.2) is 18.2 Å². The first-order chi connectivity index (χ1) is 6.30. The highest BCUT2D eigenvalue weighted by Gasteiger charge is 2.17. The third-order valence-corrected chi connectivity index (χ3v) is 4.37. The predicted molar refractivity (Wildman–Crippen MR) is 64.2 cm³/mol. The highest BCUT2D eigenvalue weighted by atomic mass is 28.3. The summed E-state index contributed by atoms with van der Waals surface area (Å²) < 4.78 is 0. The minimum atomic E-state index is -1.29. The van der Waals surface area contributed by atoms with Crippen molar-refractivity contribution in [3.63, 3.8) is 0 Å². The van der Waals surface area contributed by atoms with E-state index in [0.717, 1.165) is 5.56 Å². The van der Waals surface area contributed by atoms with Gasteiger partial charge in [0.2, 0.25) is 0 Å². The summed E-state index contributed by atoms with van der Waals surface area (Å²) in [4.78, 5) is 11.3. The molecule has 0 saturated heterocycles. The van der Waals surface area contributed by atoms with Crippen LogP contribution in [0.4, 0.5) is 0 Å². The van der Waals surface area contributed by atoms with Crippen LogP contribution >= 0.6 is 0 Å². The second-order valence-corrected chi connectivity index (χ2v) is 9.97. The summed E-state index contributed by atoms with van der Waals surface area (Å²) >= 11 is 0. The first-order valence-corrected chi connectivity index (χ1v) is 8.44. The van der Waals surface area contributed by atoms with Crippen LogP contribution in [0.2, 0.25) is 19.6 Å². The summed E-state index contributed by atoms with van der Waals surface area (Å²) in [6.45, 7) is 10.6. The quantitative estimate of drug-likeness (QED) is 0.537. The molecule has 0 aliphatic rings. The maximum atomic E-state index is 11.3. The lowest BCUT2D eigenvalue weighted by molar-refractivity contribution is 0.101. The molecule has 0 aliphatic heterocycles. The molecule has 0 aliphatic carbocycles. The number of hydrogen-bond acceptors (Lipinski definition) is 1. The molecule has 0 spiro atoms. The van der Waals surface area contributed by atoms with Gasteiger partial charge in [0.25, 0.3) is 0 Å². The van der Waals surface area contributed by atoms with E-state index in [1.165, 1.54) is 10.8 Å². The summed E-state index contributed by atoms with van der Waals surface area (Å²) in [6, 6.07) is 6.23. The van der Waals surface area contributed by atoms with Gasteiger partial charge in [-0.1, -0.05) is 42.5 Å². The first-order valence-electron chi connectivity index (χ1n) is 4.94. The Morgan fingerprint density at radius 1 is 1.14 bits per heavy atom. The van der Waals surface area contributed by atoms with Gasteiger partial charge in [-0.15, -0.1) is 0 Å². The van der Waals surface area contributed by atoms with Gasteiger partial charge in [-0.2, -0.15) is 0 Å². The Balaban J connectivity index is 3.28. The molecule has 2 heteroatoms. The van der Waals surface area contributed by atoms with Crippen LogP contribution in [0.3, 0.4) is 0 Å². The van der Waals surface area contributed by atoms with Crippen LogP contribution in [0.5, 0.6) is 0 Å². The van der Waals surface area contributed by atoms with Gasteiger partial charge in [-0.25, -0.2) is 0 Å². The van der Waals surface area contributed by atoms with E-state index in [1.54, 1.807) is 6.92 Å². The van der Waals surface area contributed by atoms with Crippen molar-refractivity contribution >= 4 is 19.0 Å². The number of benzene rings is 1. The zero-order chi connectivity index (χ0) is 10.9. The smallest absolute Gasteiger partial charge is 0.159 e. The second kappa shape index (κ2) is 3.69. The minimum Gasteiger partial charge on any atom is -0.295 e. The van der Waals surface area contributed by atoms with Gasteiger partial charge in [-0.05, 0) is 19.9 Å². The van der Waals surface area contributed by atoms with Gasteiger partial charge in [0.15, 0.2) is 5.78 Å². The molecular weight excluding hydrogens is 188 g/mol.